The first kappa shape index (κ1) is 12.9. The van der Waals surface area contributed by atoms with Gasteiger partial charge in [-0.15, -0.1) is 0 Å². The van der Waals surface area contributed by atoms with Gasteiger partial charge in [0, 0.05) is 24.2 Å². The molecule has 0 spiro atoms. The second-order valence-corrected chi connectivity index (χ2v) is 6.97. The molecule has 1 heterocycles. The summed E-state index contributed by atoms with van der Waals surface area (Å²) in [6.45, 7) is 1.93. The summed E-state index contributed by atoms with van der Waals surface area (Å²) in [5.41, 5.74) is 8.03. The van der Waals surface area contributed by atoms with Crippen LogP contribution in [-0.2, 0) is 21.1 Å². The van der Waals surface area contributed by atoms with Crippen molar-refractivity contribution in [3.8, 4) is 0 Å². The zero-order chi connectivity index (χ0) is 13.5. The van der Waals surface area contributed by atoms with Gasteiger partial charge in [-0.25, -0.2) is 8.42 Å². The van der Waals surface area contributed by atoms with Gasteiger partial charge in [-0.2, -0.15) is 0 Å². The number of hydrogen-bond acceptors (Lipinski definition) is 4. The van der Waals surface area contributed by atoms with E-state index in [1.54, 1.807) is 12.1 Å². The molecule has 0 aliphatic carbocycles. The lowest BCUT2D eigenvalue weighted by Crippen LogP contribution is -2.40. The van der Waals surface area contributed by atoms with Gasteiger partial charge in [-0.1, -0.05) is 6.07 Å². The minimum Gasteiger partial charge on any atom is -0.399 e. The summed E-state index contributed by atoms with van der Waals surface area (Å²) >= 11 is 0. The zero-order valence-electron chi connectivity index (χ0n) is 10.4. The standard InChI is InChI=1S/C12H16N2O3S/c1-8(18(2,16)17)12(15)14-6-5-9-3-4-10(13)7-11(9)14/h3-4,7-8H,5-6,13H2,1-2H3. The molecule has 1 aromatic carbocycles. The molecule has 0 fully saturated rings. The number of carbonyl (C=O) groups is 1. The van der Waals surface area contributed by atoms with E-state index in [0.29, 0.717) is 12.2 Å². The van der Waals surface area contributed by atoms with Crippen molar-refractivity contribution in [2.45, 2.75) is 18.6 Å². The van der Waals surface area contributed by atoms with Crippen molar-refractivity contribution in [3.05, 3.63) is 23.8 Å². The summed E-state index contributed by atoms with van der Waals surface area (Å²) in [4.78, 5) is 13.7. The fourth-order valence-electron chi connectivity index (χ4n) is 2.03. The van der Waals surface area contributed by atoms with Gasteiger partial charge in [0.15, 0.2) is 9.84 Å². The molecule has 1 aliphatic heterocycles. The Kier molecular flexibility index (Phi) is 3.06. The molecule has 0 radical (unpaired) electrons. The Bertz CT molecular complexity index is 595. The Morgan fingerprint density at radius 3 is 2.72 bits per heavy atom. The lowest BCUT2D eigenvalue weighted by Gasteiger charge is -2.20. The number of anilines is 2. The van der Waals surface area contributed by atoms with Crippen LogP contribution in [0.4, 0.5) is 11.4 Å². The molecule has 0 saturated carbocycles. The molecule has 18 heavy (non-hydrogen) atoms. The number of benzene rings is 1. The third-order valence-electron chi connectivity index (χ3n) is 3.26. The molecule has 1 aromatic rings. The predicted octanol–water partition coefficient (Wildman–Crippen LogP) is 0.591. The minimum atomic E-state index is -3.37. The summed E-state index contributed by atoms with van der Waals surface area (Å²) < 4.78 is 22.9. The largest absolute Gasteiger partial charge is 0.399 e. The average molecular weight is 268 g/mol. The Morgan fingerprint density at radius 1 is 1.44 bits per heavy atom. The van der Waals surface area contributed by atoms with Gasteiger partial charge in [-0.3, -0.25) is 4.79 Å². The van der Waals surface area contributed by atoms with E-state index in [0.717, 1.165) is 23.9 Å². The molecule has 6 heteroatoms. The first-order valence-electron chi connectivity index (χ1n) is 5.69. The van der Waals surface area contributed by atoms with Gasteiger partial charge in [0.05, 0.1) is 0 Å². The monoisotopic (exact) mass is 268 g/mol. The Morgan fingerprint density at radius 2 is 2.11 bits per heavy atom. The van der Waals surface area contributed by atoms with E-state index in [2.05, 4.69) is 0 Å². The highest BCUT2D eigenvalue weighted by molar-refractivity contribution is 7.92. The SMILES string of the molecule is CC(C(=O)N1CCc2ccc(N)cc21)S(C)(=O)=O. The molecule has 1 aliphatic rings. The first-order valence-corrected chi connectivity index (χ1v) is 7.65. The molecule has 5 nitrogen and oxygen atoms in total. The van der Waals surface area contributed by atoms with Gasteiger partial charge in [0.1, 0.15) is 5.25 Å². The molecular formula is C12H16N2O3S. The highest BCUT2D eigenvalue weighted by Gasteiger charge is 2.32. The van der Waals surface area contributed by atoms with Crippen molar-refractivity contribution in [3.63, 3.8) is 0 Å². The smallest absolute Gasteiger partial charge is 0.245 e. The topological polar surface area (TPSA) is 80.5 Å². The Hall–Kier alpha value is -1.56. The summed E-state index contributed by atoms with van der Waals surface area (Å²) in [7, 11) is -3.37. The van der Waals surface area contributed by atoms with Crippen LogP contribution in [0.5, 0.6) is 0 Å². The number of nitrogens with zero attached hydrogens (tertiary/aromatic N) is 1. The van der Waals surface area contributed by atoms with E-state index in [-0.39, 0.29) is 5.91 Å². The number of hydrogen-bond donors (Lipinski definition) is 1. The summed E-state index contributed by atoms with van der Waals surface area (Å²) in [5.74, 6) is -0.387. The number of rotatable bonds is 2. The normalized spacial score (nSPS) is 16.4. The third-order valence-corrected chi connectivity index (χ3v) is 4.75. The van der Waals surface area contributed by atoms with Crippen molar-refractivity contribution >= 4 is 27.1 Å². The Balaban J connectivity index is 2.34. The van der Waals surface area contributed by atoms with Crippen molar-refractivity contribution in [2.24, 2.45) is 0 Å². The van der Waals surface area contributed by atoms with Gasteiger partial charge in [0.2, 0.25) is 5.91 Å². The summed E-state index contributed by atoms with van der Waals surface area (Å²) in [5, 5.41) is -1.02. The van der Waals surface area contributed by atoms with Crippen molar-refractivity contribution in [2.75, 3.05) is 23.4 Å². The molecule has 0 aromatic heterocycles. The van der Waals surface area contributed by atoms with Crippen molar-refractivity contribution in [1.29, 1.82) is 0 Å². The Labute approximate surface area is 107 Å². The van der Waals surface area contributed by atoms with E-state index >= 15 is 0 Å². The summed E-state index contributed by atoms with van der Waals surface area (Å²) in [6, 6.07) is 5.38. The maximum absolute atomic E-state index is 12.2. The molecule has 0 bridgehead atoms. The highest BCUT2D eigenvalue weighted by atomic mass is 32.2. The number of fused-ring (bicyclic) bond motifs is 1. The van der Waals surface area contributed by atoms with Gasteiger partial charge >= 0.3 is 0 Å². The predicted molar refractivity (Wildman–Crippen MR) is 71.2 cm³/mol. The second kappa shape index (κ2) is 4.28. The second-order valence-electron chi connectivity index (χ2n) is 4.60. The molecule has 1 unspecified atom stereocenters. The van der Waals surface area contributed by atoms with Crippen LogP contribution >= 0.6 is 0 Å². The van der Waals surface area contributed by atoms with Crippen LogP contribution in [-0.4, -0.2) is 32.4 Å². The van der Waals surface area contributed by atoms with Crippen LogP contribution in [0.2, 0.25) is 0 Å². The number of nitrogen functional groups attached to an aromatic ring is 1. The number of nitrogens with two attached hydrogens (primary N) is 1. The van der Waals surface area contributed by atoms with Crippen LogP contribution in [0.15, 0.2) is 18.2 Å². The lowest BCUT2D eigenvalue weighted by atomic mass is 10.1. The van der Waals surface area contributed by atoms with E-state index in [4.69, 9.17) is 5.73 Å². The lowest BCUT2D eigenvalue weighted by molar-refractivity contribution is -0.117. The molecular weight excluding hydrogens is 252 g/mol. The molecule has 0 saturated heterocycles. The van der Waals surface area contributed by atoms with Gasteiger partial charge in [0.25, 0.3) is 0 Å². The molecule has 2 N–H and O–H groups in total. The van der Waals surface area contributed by atoms with E-state index in [1.807, 2.05) is 6.07 Å². The van der Waals surface area contributed by atoms with Crippen LogP contribution in [0.1, 0.15) is 12.5 Å². The van der Waals surface area contributed by atoms with Crippen LogP contribution in [0, 0.1) is 0 Å². The van der Waals surface area contributed by atoms with Crippen molar-refractivity contribution < 1.29 is 13.2 Å². The van der Waals surface area contributed by atoms with E-state index in [9.17, 15) is 13.2 Å². The molecule has 1 amide bonds. The van der Waals surface area contributed by atoms with Crippen LogP contribution < -0.4 is 10.6 Å². The number of carbonyl (C=O) groups excluding carboxylic acids is 1. The quantitative estimate of drug-likeness (QED) is 0.796. The molecule has 98 valence electrons. The number of sulfone groups is 1. The van der Waals surface area contributed by atoms with Crippen molar-refractivity contribution in [1.82, 2.24) is 0 Å². The highest BCUT2D eigenvalue weighted by Crippen LogP contribution is 2.30. The first-order chi connectivity index (χ1) is 8.30. The van der Waals surface area contributed by atoms with Crippen LogP contribution in [0.25, 0.3) is 0 Å². The fourth-order valence-corrected chi connectivity index (χ4v) is 2.52. The van der Waals surface area contributed by atoms with Gasteiger partial charge < -0.3 is 10.6 Å². The molecule has 1 atom stereocenters. The fraction of sp³-hybridized carbons (Fsp3) is 0.417. The third kappa shape index (κ3) is 2.20. The summed E-state index contributed by atoms with van der Waals surface area (Å²) in [6.07, 6.45) is 1.81. The van der Waals surface area contributed by atoms with Gasteiger partial charge in [-0.05, 0) is 31.0 Å². The maximum Gasteiger partial charge on any atom is 0.245 e. The minimum absolute atomic E-state index is 0.387. The van der Waals surface area contributed by atoms with E-state index in [1.165, 1.54) is 11.8 Å². The van der Waals surface area contributed by atoms with E-state index < -0.39 is 15.1 Å². The average Bonchev–Trinajstić information content (AvgIpc) is 2.68. The molecule has 2 rings (SSSR count). The number of amides is 1. The maximum atomic E-state index is 12.2. The van der Waals surface area contributed by atoms with Crippen LogP contribution in [0.3, 0.4) is 0 Å². The zero-order valence-corrected chi connectivity index (χ0v) is 11.2.